The molecule has 1 unspecified atom stereocenters. The van der Waals surface area contributed by atoms with Gasteiger partial charge in [0.25, 0.3) is 0 Å². The number of anilines is 3. The maximum absolute atomic E-state index is 13.0. The molecule has 2 aliphatic heterocycles. The number of para-hydroxylation sites is 1. The molecule has 5 heteroatoms. The zero-order chi connectivity index (χ0) is 21.7. The highest BCUT2D eigenvalue weighted by Crippen LogP contribution is 2.58. The van der Waals surface area contributed by atoms with Crippen LogP contribution < -0.4 is 15.4 Å². The number of esters is 1. The maximum atomic E-state index is 13.0. The summed E-state index contributed by atoms with van der Waals surface area (Å²) in [6, 6.07) is 29.2. The van der Waals surface area contributed by atoms with Gasteiger partial charge in [0.05, 0.1) is 11.1 Å². The van der Waals surface area contributed by atoms with E-state index in [-0.39, 0.29) is 5.97 Å². The van der Waals surface area contributed by atoms with Gasteiger partial charge in [0, 0.05) is 35.2 Å². The van der Waals surface area contributed by atoms with Crippen LogP contribution in [0.15, 0.2) is 91.0 Å². The highest BCUT2D eigenvalue weighted by molar-refractivity contribution is 5.97. The first-order chi connectivity index (χ1) is 15.7. The Kier molecular flexibility index (Phi) is 3.98. The molecule has 0 amide bonds. The average molecular weight is 420 g/mol. The number of hydrogen-bond acceptors (Lipinski definition) is 5. The normalized spacial score (nSPS) is 17.6. The van der Waals surface area contributed by atoms with Crippen molar-refractivity contribution in [1.29, 1.82) is 0 Å². The first-order valence-electron chi connectivity index (χ1n) is 10.5. The predicted molar refractivity (Wildman–Crippen MR) is 124 cm³/mol. The largest absolute Gasteiger partial charge is 0.456 e. The monoisotopic (exact) mass is 420 g/mol. The molecular formula is C27H20N2O3. The first-order valence-corrected chi connectivity index (χ1v) is 10.5. The number of benzene rings is 4. The van der Waals surface area contributed by atoms with Gasteiger partial charge in [-0.2, -0.15) is 0 Å². The molecule has 0 saturated carbocycles. The average Bonchev–Trinajstić information content (AvgIpc) is 3.13. The van der Waals surface area contributed by atoms with Gasteiger partial charge in [0.1, 0.15) is 11.5 Å². The predicted octanol–water partition coefficient (Wildman–Crippen LogP) is 6.04. The van der Waals surface area contributed by atoms with Crippen LogP contribution in [0.25, 0.3) is 0 Å². The topological polar surface area (TPSA) is 59.6 Å². The zero-order valence-electron chi connectivity index (χ0n) is 17.4. The van der Waals surface area contributed by atoms with Crippen molar-refractivity contribution in [2.75, 3.05) is 17.7 Å². The molecule has 5 nitrogen and oxygen atoms in total. The van der Waals surface area contributed by atoms with Crippen LogP contribution in [0.5, 0.6) is 11.5 Å². The number of carbonyl (C=O) groups excluding carboxylic acids is 1. The molecule has 1 atom stereocenters. The molecule has 4 aromatic carbocycles. The lowest BCUT2D eigenvalue weighted by Crippen LogP contribution is -2.34. The number of nitrogens with one attached hydrogen (secondary N) is 2. The molecule has 4 aromatic rings. The van der Waals surface area contributed by atoms with E-state index in [0.29, 0.717) is 17.1 Å². The summed E-state index contributed by atoms with van der Waals surface area (Å²) < 4.78 is 12.6. The summed E-state index contributed by atoms with van der Waals surface area (Å²) in [7, 11) is 1.86. The molecule has 0 saturated heterocycles. The third-order valence-corrected chi connectivity index (χ3v) is 6.06. The smallest absolute Gasteiger partial charge is 0.340 e. The second-order valence-corrected chi connectivity index (χ2v) is 7.85. The molecule has 2 aliphatic rings. The zero-order valence-corrected chi connectivity index (χ0v) is 17.4. The van der Waals surface area contributed by atoms with Crippen LogP contribution in [0.4, 0.5) is 17.1 Å². The van der Waals surface area contributed by atoms with Gasteiger partial charge >= 0.3 is 5.97 Å². The Hall–Kier alpha value is -4.25. The van der Waals surface area contributed by atoms with E-state index in [1.165, 1.54) is 0 Å². The number of carbonyl (C=O) groups is 1. The molecule has 0 aliphatic carbocycles. The van der Waals surface area contributed by atoms with E-state index >= 15 is 0 Å². The fourth-order valence-electron chi connectivity index (χ4n) is 4.70. The molecule has 1 spiro atoms. The minimum Gasteiger partial charge on any atom is -0.456 e. The molecule has 6 rings (SSSR count). The van der Waals surface area contributed by atoms with Crippen molar-refractivity contribution in [2.45, 2.75) is 5.60 Å². The van der Waals surface area contributed by atoms with Gasteiger partial charge in [0.15, 0.2) is 5.60 Å². The van der Waals surface area contributed by atoms with Gasteiger partial charge in [0.2, 0.25) is 0 Å². The Morgan fingerprint density at radius 1 is 0.750 bits per heavy atom. The Balaban J connectivity index is 1.62. The first kappa shape index (κ1) is 18.5. The summed E-state index contributed by atoms with van der Waals surface area (Å²) in [5, 5.41) is 6.69. The van der Waals surface area contributed by atoms with Crippen molar-refractivity contribution in [1.82, 2.24) is 0 Å². The molecule has 2 heterocycles. The quantitative estimate of drug-likeness (QED) is 0.396. The summed E-state index contributed by atoms with van der Waals surface area (Å²) in [5.41, 5.74) is 4.55. The van der Waals surface area contributed by atoms with Gasteiger partial charge in [-0.05, 0) is 48.5 Å². The third kappa shape index (κ3) is 2.54. The number of fused-ring (bicyclic) bond motifs is 6. The molecular weight excluding hydrogens is 400 g/mol. The van der Waals surface area contributed by atoms with E-state index in [0.717, 1.165) is 33.8 Å². The van der Waals surface area contributed by atoms with Crippen molar-refractivity contribution in [3.63, 3.8) is 0 Å². The van der Waals surface area contributed by atoms with Crippen LogP contribution in [0.2, 0.25) is 0 Å². The molecule has 0 aromatic heterocycles. The van der Waals surface area contributed by atoms with E-state index in [2.05, 4.69) is 10.6 Å². The molecule has 156 valence electrons. The maximum Gasteiger partial charge on any atom is 0.340 e. The van der Waals surface area contributed by atoms with Crippen LogP contribution in [0, 0.1) is 0 Å². The molecule has 32 heavy (non-hydrogen) atoms. The van der Waals surface area contributed by atoms with E-state index in [9.17, 15) is 4.79 Å². The van der Waals surface area contributed by atoms with Gasteiger partial charge in [-0.15, -0.1) is 0 Å². The van der Waals surface area contributed by atoms with E-state index in [4.69, 9.17) is 9.47 Å². The van der Waals surface area contributed by atoms with Crippen LogP contribution in [-0.4, -0.2) is 13.0 Å². The summed E-state index contributed by atoms with van der Waals surface area (Å²) in [6.45, 7) is 0. The van der Waals surface area contributed by atoms with Gasteiger partial charge < -0.3 is 20.1 Å². The van der Waals surface area contributed by atoms with Crippen LogP contribution in [0.1, 0.15) is 27.0 Å². The third-order valence-electron chi connectivity index (χ3n) is 6.06. The summed E-state index contributed by atoms with van der Waals surface area (Å²) in [4.78, 5) is 13.0. The Morgan fingerprint density at radius 2 is 1.56 bits per heavy atom. The van der Waals surface area contributed by atoms with E-state index in [1.807, 2.05) is 98.0 Å². The lowest BCUT2D eigenvalue weighted by atomic mass is 9.77. The molecule has 0 radical (unpaired) electrons. The summed E-state index contributed by atoms with van der Waals surface area (Å²) in [6.07, 6.45) is 0. The number of ether oxygens (including phenoxy) is 2. The van der Waals surface area contributed by atoms with Crippen molar-refractivity contribution in [3.8, 4) is 11.5 Å². The Labute approximate surface area is 185 Å². The molecule has 0 bridgehead atoms. The van der Waals surface area contributed by atoms with Crippen molar-refractivity contribution in [2.24, 2.45) is 0 Å². The summed E-state index contributed by atoms with van der Waals surface area (Å²) >= 11 is 0. The Bertz CT molecular complexity index is 1370. The van der Waals surface area contributed by atoms with Crippen LogP contribution in [-0.2, 0) is 10.3 Å². The molecule has 0 fully saturated rings. The second-order valence-electron chi connectivity index (χ2n) is 7.85. The number of rotatable bonds is 3. The van der Waals surface area contributed by atoms with Crippen molar-refractivity contribution in [3.05, 3.63) is 113 Å². The van der Waals surface area contributed by atoms with Crippen LogP contribution >= 0.6 is 0 Å². The van der Waals surface area contributed by atoms with E-state index < -0.39 is 5.60 Å². The van der Waals surface area contributed by atoms with Crippen LogP contribution in [0.3, 0.4) is 0 Å². The fraction of sp³-hybridized carbons (Fsp3) is 0.0741. The minimum atomic E-state index is -1.11. The van der Waals surface area contributed by atoms with E-state index in [1.54, 1.807) is 0 Å². The fourth-order valence-corrected chi connectivity index (χ4v) is 4.70. The summed E-state index contributed by atoms with van der Waals surface area (Å²) in [5.74, 6) is 0.984. The molecule has 2 N–H and O–H groups in total. The lowest BCUT2D eigenvalue weighted by molar-refractivity contribution is 0.0227. The highest BCUT2D eigenvalue weighted by atomic mass is 16.6. The Morgan fingerprint density at radius 3 is 2.41 bits per heavy atom. The van der Waals surface area contributed by atoms with Gasteiger partial charge in [-0.3, -0.25) is 0 Å². The van der Waals surface area contributed by atoms with Crippen molar-refractivity contribution < 1.29 is 14.3 Å². The SMILES string of the molecule is CNc1cccc2c1C1(OC(=O)c3ccccc31)c1cc(Nc3ccccc3)ccc1O2. The number of hydrogen-bond donors (Lipinski definition) is 2. The standard InChI is InChI=1S/C27H20N2O3/c1-28-22-12-7-13-24-25(22)27(20-11-6-5-10-19(20)26(30)32-27)21-16-18(14-15-23(21)31-24)29-17-8-3-2-4-9-17/h2-16,28-29H,1H3. The minimum absolute atomic E-state index is 0.341. The lowest BCUT2D eigenvalue weighted by Gasteiger charge is -2.38. The van der Waals surface area contributed by atoms with Crippen molar-refractivity contribution >= 4 is 23.0 Å². The van der Waals surface area contributed by atoms with Gasteiger partial charge in [-0.25, -0.2) is 4.79 Å². The highest BCUT2D eigenvalue weighted by Gasteiger charge is 2.54. The van der Waals surface area contributed by atoms with Gasteiger partial charge in [-0.1, -0.05) is 42.5 Å². The second kappa shape index (κ2) is 6.89.